The molecule has 2 atom stereocenters. The number of carbonyl (C=O) groups is 2. The Labute approximate surface area is 102 Å². The van der Waals surface area contributed by atoms with E-state index in [9.17, 15) is 9.59 Å². The van der Waals surface area contributed by atoms with Gasteiger partial charge in [0, 0.05) is 13.1 Å². The van der Waals surface area contributed by atoms with Gasteiger partial charge in [0.15, 0.2) is 0 Å². The van der Waals surface area contributed by atoms with Crippen molar-refractivity contribution in [3.8, 4) is 0 Å². The lowest BCUT2D eigenvalue weighted by atomic mass is 9.90. The number of rotatable bonds is 2. The summed E-state index contributed by atoms with van der Waals surface area (Å²) in [4.78, 5) is 25.2. The summed E-state index contributed by atoms with van der Waals surface area (Å²) in [6.07, 6.45) is 3.19. The SMILES string of the molecule is CCC1CCNC(C(=O)N2CCNC(=O)C2)C1. The fourth-order valence-corrected chi connectivity index (χ4v) is 2.60. The average molecular weight is 239 g/mol. The molecule has 2 amide bonds. The highest BCUT2D eigenvalue weighted by atomic mass is 16.2. The second-order valence-corrected chi connectivity index (χ2v) is 4.92. The second kappa shape index (κ2) is 5.49. The molecule has 2 aliphatic heterocycles. The fourth-order valence-electron chi connectivity index (χ4n) is 2.60. The first-order valence-electron chi connectivity index (χ1n) is 6.49. The van der Waals surface area contributed by atoms with Gasteiger partial charge >= 0.3 is 0 Å². The van der Waals surface area contributed by atoms with Gasteiger partial charge in [-0.2, -0.15) is 0 Å². The largest absolute Gasteiger partial charge is 0.353 e. The maximum absolute atomic E-state index is 12.2. The Kier molecular flexibility index (Phi) is 3.99. The van der Waals surface area contributed by atoms with Crippen LogP contribution in [0.1, 0.15) is 26.2 Å². The predicted molar refractivity (Wildman–Crippen MR) is 64.4 cm³/mol. The number of carbonyl (C=O) groups excluding carboxylic acids is 2. The molecule has 2 unspecified atom stereocenters. The van der Waals surface area contributed by atoms with Crippen LogP contribution < -0.4 is 10.6 Å². The predicted octanol–water partition coefficient (Wildman–Crippen LogP) is -0.277. The molecular formula is C12H21N3O2. The highest BCUT2D eigenvalue weighted by Gasteiger charge is 2.31. The Morgan fingerprint density at radius 3 is 3.00 bits per heavy atom. The average Bonchev–Trinajstić information content (AvgIpc) is 2.38. The van der Waals surface area contributed by atoms with Crippen LogP contribution in [-0.2, 0) is 9.59 Å². The van der Waals surface area contributed by atoms with Gasteiger partial charge in [-0.25, -0.2) is 0 Å². The van der Waals surface area contributed by atoms with Gasteiger partial charge in [0.25, 0.3) is 0 Å². The topological polar surface area (TPSA) is 61.4 Å². The van der Waals surface area contributed by atoms with Crippen LogP contribution in [0.25, 0.3) is 0 Å². The minimum atomic E-state index is -0.0837. The highest BCUT2D eigenvalue weighted by Crippen LogP contribution is 2.20. The van der Waals surface area contributed by atoms with E-state index in [-0.39, 0.29) is 24.4 Å². The summed E-state index contributed by atoms with van der Waals surface area (Å²) in [6.45, 7) is 4.52. The van der Waals surface area contributed by atoms with Crippen molar-refractivity contribution in [2.45, 2.75) is 32.2 Å². The first-order chi connectivity index (χ1) is 8.20. The normalized spacial score (nSPS) is 29.9. The molecule has 2 N–H and O–H groups in total. The van der Waals surface area contributed by atoms with E-state index in [1.807, 2.05) is 0 Å². The van der Waals surface area contributed by atoms with E-state index < -0.39 is 0 Å². The number of hydrogen-bond donors (Lipinski definition) is 2. The summed E-state index contributed by atoms with van der Waals surface area (Å²) >= 11 is 0. The molecule has 5 heteroatoms. The van der Waals surface area contributed by atoms with Crippen molar-refractivity contribution in [3.63, 3.8) is 0 Å². The van der Waals surface area contributed by atoms with Crippen molar-refractivity contribution in [3.05, 3.63) is 0 Å². The first-order valence-corrected chi connectivity index (χ1v) is 6.49. The zero-order valence-electron chi connectivity index (χ0n) is 10.4. The standard InChI is InChI=1S/C12H21N3O2/c1-2-9-3-4-13-10(7-9)12(17)15-6-5-14-11(16)8-15/h9-10,13H,2-8H2,1H3,(H,14,16). The summed E-state index contributed by atoms with van der Waals surface area (Å²) < 4.78 is 0. The van der Waals surface area contributed by atoms with Crippen molar-refractivity contribution >= 4 is 11.8 Å². The maximum atomic E-state index is 12.2. The van der Waals surface area contributed by atoms with Crippen LogP contribution in [0.2, 0.25) is 0 Å². The molecule has 0 bridgehead atoms. The van der Waals surface area contributed by atoms with Gasteiger partial charge in [0.05, 0.1) is 12.6 Å². The number of amides is 2. The van der Waals surface area contributed by atoms with E-state index in [2.05, 4.69) is 17.6 Å². The molecule has 2 heterocycles. The van der Waals surface area contributed by atoms with Crippen LogP contribution in [0.5, 0.6) is 0 Å². The van der Waals surface area contributed by atoms with Gasteiger partial charge in [0.2, 0.25) is 11.8 Å². The molecule has 2 aliphatic rings. The van der Waals surface area contributed by atoms with Gasteiger partial charge in [-0.05, 0) is 25.3 Å². The minimum absolute atomic E-state index is 0.0487. The molecule has 0 saturated carbocycles. The van der Waals surface area contributed by atoms with Gasteiger partial charge in [-0.1, -0.05) is 13.3 Å². The van der Waals surface area contributed by atoms with E-state index in [0.29, 0.717) is 19.0 Å². The molecule has 96 valence electrons. The van der Waals surface area contributed by atoms with E-state index in [4.69, 9.17) is 0 Å². The molecule has 0 aromatic heterocycles. The molecule has 2 fully saturated rings. The zero-order chi connectivity index (χ0) is 12.3. The Bertz CT molecular complexity index is 306. The van der Waals surface area contributed by atoms with Crippen molar-refractivity contribution in [1.82, 2.24) is 15.5 Å². The molecule has 17 heavy (non-hydrogen) atoms. The molecular weight excluding hydrogens is 218 g/mol. The summed E-state index contributed by atoms with van der Waals surface area (Å²) in [5.41, 5.74) is 0. The molecule has 0 aromatic rings. The van der Waals surface area contributed by atoms with Crippen LogP contribution in [0, 0.1) is 5.92 Å². The van der Waals surface area contributed by atoms with E-state index >= 15 is 0 Å². The summed E-state index contributed by atoms with van der Waals surface area (Å²) in [6, 6.07) is -0.0837. The Balaban J connectivity index is 1.92. The zero-order valence-corrected chi connectivity index (χ0v) is 10.4. The van der Waals surface area contributed by atoms with Gasteiger partial charge in [0.1, 0.15) is 0 Å². The lowest BCUT2D eigenvalue weighted by Gasteiger charge is -2.34. The van der Waals surface area contributed by atoms with Crippen LogP contribution in [-0.4, -0.2) is 48.9 Å². The van der Waals surface area contributed by atoms with Gasteiger partial charge in [-0.15, -0.1) is 0 Å². The van der Waals surface area contributed by atoms with Crippen LogP contribution in [0.15, 0.2) is 0 Å². The quantitative estimate of drug-likeness (QED) is 0.697. The van der Waals surface area contributed by atoms with Crippen LogP contribution in [0.4, 0.5) is 0 Å². The third-order valence-corrected chi connectivity index (χ3v) is 3.74. The molecule has 5 nitrogen and oxygen atoms in total. The third kappa shape index (κ3) is 2.97. The number of nitrogens with one attached hydrogen (secondary N) is 2. The van der Waals surface area contributed by atoms with E-state index in [0.717, 1.165) is 25.8 Å². The van der Waals surface area contributed by atoms with Crippen molar-refractivity contribution < 1.29 is 9.59 Å². The number of hydrogen-bond acceptors (Lipinski definition) is 3. The lowest BCUT2D eigenvalue weighted by molar-refractivity contribution is -0.140. The fraction of sp³-hybridized carbons (Fsp3) is 0.833. The smallest absolute Gasteiger partial charge is 0.240 e. The third-order valence-electron chi connectivity index (χ3n) is 3.74. The number of nitrogens with zero attached hydrogens (tertiary/aromatic N) is 1. The summed E-state index contributed by atoms with van der Waals surface area (Å²) in [5.74, 6) is 0.689. The number of piperazine rings is 1. The van der Waals surface area contributed by atoms with Gasteiger partial charge in [-0.3, -0.25) is 9.59 Å². The van der Waals surface area contributed by atoms with Crippen molar-refractivity contribution in [2.75, 3.05) is 26.2 Å². The van der Waals surface area contributed by atoms with Crippen LogP contribution in [0.3, 0.4) is 0 Å². The Hall–Kier alpha value is -1.10. The highest BCUT2D eigenvalue weighted by molar-refractivity contribution is 5.88. The summed E-state index contributed by atoms with van der Waals surface area (Å²) in [7, 11) is 0. The minimum Gasteiger partial charge on any atom is -0.353 e. The van der Waals surface area contributed by atoms with Crippen LogP contribution >= 0.6 is 0 Å². The van der Waals surface area contributed by atoms with E-state index in [1.165, 1.54) is 0 Å². The van der Waals surface area contributed by atoms with Gasteiger partial charge < -0.3 is 15.5 Å². The maximum Gasteiger partial charge on any atom is 0.240 e. The summed E-state index contributed by atoms with van der Waals surface area (Å²) in [5, 5.41) is 6.01. The monoisotopic (exact) mass is 239 g/mol. The van der Waals surface area contributed by atoms with E-state index in [1.54, 1.807) is 4.90 Å². The number of piperidine rings is 1. The lowest BCUT2D eigenvalue weighted by Crippen LogP contribution is -2.56. The molecule has 2 saturated heterocycles. The second-order valence-electron chi connectivity index (χ2n) is 4.92. The molecule has 0 aliphatic carbocycles. The Morgan fingerprint density at radius 1 is 1.47 bits per heavy atom. The van der Waals surface area contributed by atoms with Crippen molar-refractivity contribution in [1.29, 1.82) is 0 Å². The van der Waals surface area contributed by atoms with Crippen molar-refractivity contribution in [2.24, 2.45) is 5.92 Å². The molecule has 0 spiro atoms. The molecule has 0 aromatic carbocycles. The first kappa shape index (κ1) is 12.4. The molecule has 0 radical (unpaired) electrons. The Morgan fingerprint density at radius 2 is 2.29 bits per heavy atom. The molecule has 2 rings (SSSR count).